The molecular weight excluding hydrogens is 288 g/mol. The summed E-state index contributed by atoms with van der Waals surface area (Å²) in [7, 11) is 1.40. The van der Waals surface area contributed by atoms with Gasteiger partial charge in [-0.1, -0.05) is 6.07 Å². The summed E-state index contributed by atoms with van der Waals surface area (Å²) < 4.78 is 4.74. The van der Waals surface area contributed by atoms with Gasteiger partial charge in [-0.05, 0) is 37.6 Å². The van der Waals surface area contributed by atoms with E-state index in [1.807, 2.05) is 18.4 Å². The van der Waals surface area contributed by atoms with Crippen molar-refractivity contribution in [3.05, 3.63) is 22.4 Å². The Hall–Kier alpha value is -1.56. The Morgan fingerprint density at radius 3 is 2.95 bits per heavy atom. The van der Waals surface area contributed by atoms with E-state index in [9.17, 15) is 9.59 Å². The molecule has 6 heteroatoms. The molecule has 21 heavy (non-hydrogen) atoms. The second-order valence-corrected chi connectivity index (χ2v) is 6.56. The van der Waals surface area contributed by atoms with E-state index in [4.69, 9.17) is 4.74 Å². The molecule has 1 aromatic rings. The van der Waals surface area contributed by atoms with Crippen LogP contribution in [0.2, 0.25) is 0 Å². The maximum absolute atomic E-state index is 11.9. The minimum atomic E-state index is -0.175. The van der Waals surface area contributed by atoms with Gasteiger partial charge < -0.3 is 15.4 Å². The van der Waals surface area contributed by atoms with Crippen LogP contribution in [0.15, 0.2) is 17.5 Å². The third-order valence-electron chi connectivity index (χ3n) is 3.77. The Labute approximate surface area is 129 Å². The van der Waals surface area contributed by atoms with E-state index in [1.54, 1.807) is 11.3 Å². The number of carbonyl (C=O) groups excluding carboxylic acids is 2. The molecule has 116 valence electrons. The SMILES string of the molecule is COC(=O)[C@H]1CC[C@@H](NC(=O)N[C@@H](C)Cc2cccs2)C1. The van der Waals surface area contributed by atoms with E-state index in [-0.39, 0.29) is 30.0 Å². The van der Waals surface area contributed by atoms with Gasteiger partial charge in [0.05, 0.1) is 13.0 Å². The Balaban J connectivity index is 1.71. The van der Waals surface area contributed by atoms with Gasteiger partial charge in [0.2, 0.25) is 0 Å². The predicted molar refractivity (Wildman–Crippen MR) is 82.3 cm³/mol. The molecule has 1 saturated carbocycles. The van der Waals surface area contributed by atoms with Gasteiger partial charge >= 0.3 is 12.0 Å². The van der Waals surface area contributed by atoms with Gasteiger partial charge in [-0.25, -0.2) is 4.79 Å². The molecule has 2 amide bonds. The number of esters is 1. The van der Waals surface area contributed by atoms with E-state index in [0.717, 1.165) is 19.3 Å². The van der Waals surface area contributed by atoms with Crippen molar-refractivity contribution in [3.63, 3.8) is 0 Å². The summed E-state index contributed by atoms with van der Waals surface area (Å²) in [6.07, 6.45) is 3.11. The van der Waals surface area contributed by atoms with Crippen molar-refractivity contribution < 1.29 is 14.3 Å². The zero-order valence-electron chi connectivity index (χ0n) is 12.4. The lowest BCUT2D eigenvalue weighted by Crippen LogP contribution is -2.45. The highest BCUT2D eigenvalue weighted by Crippen LogP contribution is 2.26. The summed E-state index contributed by atoms with van der Waals surface area (Å²) in [6, 6.07) is 4.07. The minimum Gasteiger partial charge on any atom is -0.469 e. The van der Waals surface area contributed by atoms with Crippen molar-refractivity contribution in [2.75, 3.05) is 7.11 Å². The molecule has 0 aliphatic heterocycles. The molecule has 0 saturated heterocycles. The molecule has 0 unspecified atom stereocenters. The van der Waals surface area contributed by atoms with Crippen molar-refractivity contribution in [1.29, 1.82) is 0 Å². The highest BCUT2D eigenvalue weighted by Gasteiger charge is 2.31. The van der Waals surface area contributed by atoms with E-state index in [2.05, 4.69) is 16.7 Å². The molecule has 1 aromatic heterocycles. The molecule has 2 rings (SSSR count). The van der Waals surface area contributed by atoms with Crippen LogP contribution in [0.1, 0.15) is 31.1 Å². The van der Waals surface area contributed by atoms with Gasteiger partial charge in [-0.15, -0.1) is 11.3 Å². The molecule has 0 radical (unpaired) electrons. The summed E-state index contributed by atoms with van der Waals surface area (Å²) >= 11 is 1.69. The molecule has 3 atom stereocenters. The monoisotopic (exact) mass is 310 g/mol. The Bertz CT molecular complexity index is 475. The molecule has 5 nitrogen and oxygen atoms in total. The number of urea groups is 1. The van der Waals surface area contributed by atoms with Gasteiger partial charge in [0.15, 0.2) is 0 Å². The average Bonchev–Trinajstić information content (AvgIpc) is 3.09. The van der Waals surface area contributed by atoms with Crippen LogP contribution in [0.4, 0.5) is 4.79 Å². The molecule has 1 heterocycles. The smallest absolute Gasteiger partial charge is 0.315 e. The normalized spacial score (nSPS) is 22.6. The molecule has 1 aliphatic rings. The summed E-state index contributed by atoms with van der Waals surface area (Å²) in [5.74, 6) is -0.255. The van der Waals surface area contributed by atoms with Gasteiger partial charge in [0.25, 0.3) is 0 Å². The number of hydrogen-bond acceptors (Lipinski definition) is 4. The van der Waals surface area contributed by atoms with Crippen LogP contribution in [0, 0.1) is 5.92 Å². The third kappa shape index (κ3) is 4.74. The van der Waals surface area contributed by atoms with Gasteiger partial charge in [-0.3, -0.25) is 4.79 Å². The number of nitrogens with one attached hydrogen (secondary N) is 2. The van der Waals surface area contributed by atoms with Crippen LogP contribution in [0.3, 0.4) is 0 Å². The number of hydrogen-bond donors (Lipinski definition) is 2. The second-order valence-electron chi connectivity index (χ2n) is 5.53. The summed E-state index contributed by atoms with van der Waals surface area (Å²) in [6.45, 7) is 1.99. The molecule has 0 bridgehead atoms. The average molecular weight is 310 g/mol. The van der Waals surface area contributed by atoms with Crippen molar-refractivity contribution in [2.45, 2.75) is 44.7 Å². The van der Waals surface area contributed by atoms with E-state index in [1.165, 1.54) is 12.0 Å². The number of rotatable bonds is 5. The molecular formula is C15H22N2O3S. The first-order valence-electron chi connectivity index (χ1n) is 7.25. The highest BCUT2D eigenvalue weighted by molar-refractivity contribution is 7.09. The minimum absolute atomic E-state index is 0.0584. The van der Waals surface area contributed by atoms with Crippen molar-refractivity contribution in [3.8, 4) is 0 Å². The maximum atomic E-state index is 11.9. The van der Waals surface area contributed by atoms with Crippen molar-refractivity contribution in [1.82, 2.24) is 10.6 Å². The first-order valence-corrected chi connectivity index (χ1v) is 8.13. The fourth-order valence-electron chi connectivity index (χ4n) is 2.73. The number of thiophene rings is 1. The lowest BCUT2D eigenvalue weighted by molar-refractivity contribution is -0.145. The number of amides is 2. The molecule has 0 aromatic carbocycles. The van der Waals surface area contributed by atoms with Crippen molar-refractivity contribution in [2.24, 2.45) is 5.92 Å². The van der Waals surface area contributed by atoms with E-state index < -0.39 is 0 Å². The first kappa shape index (κ1) is 15.8. The zero-order chi connectivity index (χ0) is 15.2. The zero-order valence-corrected chi connectivity index (χ0v) is 13.2. The predicted octanol–water partition coefficient (Wildman–Crippen LogP) is 2.32. The van der Waals surface area contributed by atoms with Crippen LogP contribution < -0.4 is 10.6 Å². The summed E-state index contributed by atoms with van der Waals surface area (Å²) in [5.41, 5.74) is 0. The van der Waals surface area contributed by atoms with Gasteiger partial charge in [0, 0.05) is 23.4 Å². The quantitative estimate of drug-likeness (QED) is 0.820. The molecule has 1 fully saturated rings. The Kier molecular flexibility index (Phi) is 5.61. The molecule has 2 N–H and O–H groups in total. The van der Waals surface area contributed by atoms with Crippen LogP contribution in [-0.2, 0) is 16.0 Å². The fourth-order valence-corrected chi connectivity index (χ4v) is 3.56. The van der Waals surface area contributed by atoms with Gasteiger partial charge in [-0.2, -0.15) is 0 Å². The largest absolute Gasteiger partial charge is 0.469 e. The second kappa shape index (κ2) is 7.45. The molecule has 0 spiro atoms. The Morgan fingerprint density at radius 1 is 1.48 bits per heavy atom. The lowest BCUT2D eigenvalue weighted by atomic mass is 10.1. The topological polar surface area (TPSA) is 67.4 Å². The maximum Gasteiger partial charge on any atom is 0.315 e. The van der Waals surface area contributed by atoms with Crippen LogP contribution in [-0.4, -0.2) is 31.2 Å². The number of carbonyl (C=O) groups is 2. The van der Waals surface area contributed by atoms with Crippen LogP contribution >= 0.6 is 11.3 Å². The van der Waals surface area contributed by atoms with Crippen LogP contribution in [0.5, 0.6) is 0 Å². The first-order chi connectivity index (χ1) is 10.1. The molecule has 1 aliphatic carbocycles. The number of ether oxygens (including phenoxy) is 1. The summed E-state index contributed by atoms with van der Waals surface area (Å²) in [4.78, 5) is 24.7. The standard InChI is InChI=1S/C15H22N2O3S/c1-10(8-13-4-3-7-21-13)16-15(19)17-12-6-5-11(9-12)14(18)20-2/h3-4,7,10-12H,5-6,8-9H2,1-2H3,(H2,16,17,19)/t10-,11-,12+/m0/s1. The van der Waals surface area contributed by atoms with Crippen LogP contribution in [0.25, 0.3) is 0 Å². The number of methoxy groups -OCH3 is 1. The third-order valence-corrected chi connectivity index (χ3v) is 4.67. The van der Waals surface area contributed by atoms with E-state index >= 15 is 0 Å². The summed E-state index contributed by atoms with van der Waals surface area (Å²) in [5, 5.41) is 7.92. The highest BCUT2D eigenvalue weighted by atomic mass is 32.1. The van der Waals surface area contributed by atoms with Crippen molar-refractivity contribution >= 4 is 23.3 Å². The Morgan fingerprint density at radius 2 is 2.29 bits per heavy atom. The van der Waals surface area contributed by atoms with E-state index in [0.29, 0.717) is 6.42 Å². The van der Waals surface area contributed by atoms with Gasteiger partial charge in [0.1, 0.15) is 0 Å². The lowest BCUT2D eigenvalue weighted by Gasteiger charge is -2.17. The fraction of sp³-hybridized carbons (Fsp3) is 0.600.